The van der Waals surface area contributed by atoms with E-state index in [0.29, 0.717) is 18.7 Å². The van der Waals surface area contributed by atoms with E-state index in [2.05, 4.69) is 14.7 Å². The van der Waals surface area contributed by atoms with Gasteiger partial charge in [0.2, 0.25) is 10.0 Å². The maximum Gasteiger partial charge on any atom is 0.217 e. The Morgan fingerprint density at radius 1 is 1.32 bits per heavy atom. The van der Waals surface area contributed by atoms with Gasteiger partial charge in [-0.25, -0.2) is 18.1 Å². The molecular formula is C12H15N3O2S2. The van der Waals surface area contributed by atoms with Crippen molar-refractivity contribution in [2.45, 2.75) is 19.1 Å². The maximum absolute atomic E-state index is 11.8. The molecule has 0 saturated heterocycles. The summed E-state index contributed by atoms with van der Waals surface area (Å²) in [6.45, 7) is 2.21. The van der Waals surface area contributed by atoms with Crippen LogP contribution < -0.4 is 4.72 Å². The molecule has 2 rings (SSSR count). The first-order valence-electron chi connectivity index (χ1n) is 5.83. The molecule has 0 amide bonds. The van der Waals surface area contributed by atoms with Crippen molar-refractivity contribution in [1.82, 2.24) is 14.7 Å². The van der Waals surface area contributed by atoms with E-state index in [9.17, 15) is 8.42 Å². The number of hydrogen-bond donors (Lipinski definition) is 1. The van der Waals surface area contributed by atoms with Gasteiger partial charge in [0.15, 0.2) is 0 Å². The maximum atomic E-state index is 11.8. The molecule has 0 aromatic carbocycles. The zero-order valence-corrected chi connectivity index (χ0v) is 12.2. The summed E-state index contributed by atoms with van der Waals surface area (Å²) in [7, 11) is -3.33. The normalized spacial score (nSPS) is 11.6. The Hall–Kier alpha value is -1.31. The van der Waals surface area contributed by atoms with Crippen LogP contribution >= 0.6 is 11.3 Å². The van der Waals surface area contributed by atoms with E-state index in [0.717, 1.165) is 10.7 Å². The van der Waals surface area contributed by atoms with E-state index in [1.54, 1.807) is 11.6 Å². The third-order valence-electron chi connectivity index (χ3n) is 2.43. The second-order valence-electron chi connectivity index (χ2n) is 4.08. The smallest absolute Gasteiger partial charge is 0.217 e. The summed E-state index contributed by atoms with van der Waals surface area (Å²) < 4.78 is 26.2. The van der Waals surface area contributed by atoms with Gasteiger partial charge in [0.1, 0.15) is 5.75 Å². The highest BCUT2D eigenvalue weighted by Crippen LogP contribution is 2.10. The summed E-state index contributed by atoms with van der Waals surface area (Å²) in [6.07, 6.45) is 2.28. The average Bonchev–Trinajstić information content (AvgIpc) is 2.75. The van der Waals surface area contributed by atoms with Gasteiger partial charge in [-0.2, -0.15) is 0 Å². The molecule has 19 heavy (non-hydrogen) atoms. The van der Waals surface area contributed by atoms with Crippen molar-refractivity contribution in [3.05, 3.63) is 46.2 Å². The lowest BCUT2D eigenvalue weighted by atomic mass is 10.3. The Labute approximate surface area is 116 Å². The molecule has 7 heteroatoms. The van der Waals surface area contributed by atoms with E-state index < -0.39 is 10.0 Å². The Balaban J connectivity index is 1.84. The minimum atomic E-state index is -3.33. The fourth-order valence-corrected chi connectivity index (χ4v) is 3.37. The van der Waals surface area contributed by atoms with Gasteiger partial charge in [0.25, 0.3) is 0 Å². The number of aryl methyl sites for hydroxylation is 1. The van der Waals surface area contributed by atoms with E-state index in [4.69, 9.17) is 0 Å². The monoisotopic (exact) mass is 297 g/mol. The number of hydrogen-bond acceptors (Lipinski definition) is 5. The van der Waals surface area contributed by atoms with Crippen LogP contribution in [0.3, 0.4) is 0 Å². The van der Waals surface area contributed by atoms with Crippen molar-refractivity contribution < 1.29 is 8.42 Å². The van der Waals surface area contributed by atoms with Crippen LogP contribution in [-0.4, -0.2) is 24.9 Å². The fraction of sp³-hybridized carbons (Fsp3) is 0.333. The van der Waals surface area contributed by atoms with Crippen molar-refractivity contribution in [1.29, 1.82) is 0 Å². The number of rotatable bonds is 6. The molecule has 1 N–H and O–H groups in total. The van der Waals surface area contributed by atoms with Crippen LogP contribution in [0.4, 0.5) is 0 Å². The lowest BCUT2D eigenvalue weighted by molar-refractivity contribution is 0.580. The number of sulfonamides is 1. The van der Waals surface area contributed by atoms with Crippen LogP contribution in [0.25, 0.3) is 0 Å². The number of aromatic nitrogens is 2. The molecule has 5 nitrogen and oxygen atoms in total. The Kier molecular flexibility index (Phi) is 4.62. The predicted octanol–water partition coefficient (Wildman–Crippen LogP) is 1.51. The highest BCUT2D eigenvalue weighted by Gasteiger charge is 2.13. The number of nitrogens with zero attached hydrogens (tertiary/aromatic N) is 2. The van der Waals surface area contributed by atoms with Crippen LogP contribution in [0.5, 0.6) is 0 Å². The van der Waals surface area contributed by atoms with Crippen LogP contribution in [-0.2, 0) is 22.2 Å². The zero-order valence-electron chi connectivity index (χ0n) is 10.5. The molecule has 0 aliphatic heterocycles. The average molecular weight is 297 g/mol. The summed E-state index contributed by atoms with van der Waals surface area (Å²) >= 11 is 1.45. The summed E-state index contributed by atoms with van der Waals surface area (Å²) in [5.41, 5.74) is 1.46. The quantitative estimate of drug-likeness (QED) is 0.877. The van der Waals surface area contributed by atoms with E-state index in [1.165, 1.54) is 11.3 Å². The molecule has 0 aliphatic carbocycles. The number of nitrogens with one attached hydrogen (secondary N) is 1. The van der Waals surface area contributed by atoms with E-state index in [-0.39, 0.29) is 5.75 Å². The molecule has 0 spiro atoms. The van der Waals surface area contributed by atoms with Gasteiger partial charge in [-0.05, 0) is 19.1 Å². The predicted molar refractivity (Wildman–Crippen MR) is 75.4 cm³/mol. The molecule has 0 fully saturated rings. The van der Waals surface area contributed by atoms with Gasteiger partial charge in [-0.1, -0.05) is 6.07 Å². The lowest BCUT2D eigenvalue weighted by Gasteiger charge is -2.04. The van der Waals surface area contributed by atoms with Gasteiger partial charge >= 0.3 is 0 Å². The molecule has 2 heterocycles. The molecule has 0 unspecified atom stereocenters. The molecule has 0 saturated carbocycles. The number of pyridine rings is 1. The number of thiazole rings is 1. The van der Waals surface area contributed by atoms with Gasteiger partial charge in [-0.3, -0.25) is 4.98 Å². The minimum absolute atomic E-state index is 0.0699. The first kappa shape index (κ1) is 14.1. The Morgan fingerprint density at radius 2 is 2.16 bits per heavy atom. The largest absolute Gasteiger partial charge is 0.261 e. The first-order chi connectivity index (χ1) is 9.05. The molecule has 0 aliphatic rings. The molecule has 0 radical (unpaired) electrons. The second kappa shape index (κ2) is 6.23. The van der Waals surface area contributed by atoms with Crippen molar-refractivity contribution in [3.8, 4) is 0 Å². The lowest BCUT2D eigenvalue weighted by Crippen LogP contribution is -2.27. The summed E-state index contributed by atoms with van der Waals surface area (Å²) in [6, 6.07) is 5.59. The standard InChI is InChI=1S/C12H15N3O2S2/c1-10-15-12(8-18-10)9-19(16,17)14-7-5-11-4-2-3-6-13-11/h2-4,6,8,14H,5,7,9H2,1H3. The third-order valence-corrected chi connectivity index (χ3v) is 4.58. The molecule has 0 bridgehead atoms. The van der Waals surface area contributed by atoms with Gasteiger partial charge in [0, 0.05) is 30.2 Å². The Morgan fingerprint density at radius 3 is 2.79 bits per heavy atom. The van der Waals surface area contributed by atoms with Gasteiger partial charge < -0.3 is 0 Å². The molecular weight excluding hydrogens is 282 g/mol. The van der Waals surface area contributed by atoms with Gasteiger partial charge in [-0.15, -0.1) is 11.3 Å². The van der Waals surface area contributed by atoms with Crippen molar-refractivity contribution in [2.24, 2.45) is 0 Å². The van der Waals surface area contributed by atoms with Gasteiger partial charge in [0.05, 0.1) is 10.7 Å². The van der Waals surface area contributed by atoms with E-state index in [1.807, 2.05) is 25.1 Å². The second-order valence-corrected chi connectivity index (χ2v) is 6.95. The van der Waals surface area contributed by atoms with Crippen LogP contribution in [0.2, 0.25) is 0 Å². The fourth-order valence-electron chi connectivity index (χ4n) is 1.60. The van der Waals surface area contributed by atoms with Crippen molar-refractivity contribution >= 4 is 21.4 Å². The topological polar surface area (TPSA) is 72.0 Å². The van der Waals surface area contributed by atoms with Crippen LogP contribution in [0.15, 0.2) is 29.8 Å². The summed E-state index contributed by atoms with van der Waals surface area (Å²) in [4.78, 5) is 8.29. The molecule has 102 valence electrons. The van der Waals surface area contributed by atoms with Crippen LogP contribution in [0, 0.1) is 6.92 Å². The Bertz CT molecular complexity index is 623. The molecule has 0 atom stereocenters. The third kappa shape index (κ3) is 4.70. The minimum Gasteiger partial charge on any atom is -0.261 e. The first-order valence-corrected chi connectivity index (χ1v) is 8.36. The van der Waals surface area contributed by atoms with E-state index >= 15 is 0 Å². The summed E-state index contributed by atoms with van der Waals surface area (Å²) in [5, 5.41) is 2.64. The van der Waals surface area contributed by atoms with Crippen molar-refractivity contribution in [2.75, 3.05) is 6.54 Å². The highest BCUT2D eigenvalue weighted by atomic mass is 32.2. The van der Waals surface area contributed by atoms with Crippen LogP contribution in [0.1, 0.15) is 16.4 Å². The highest BCUT2D eigenvalue weighted by molar-refractivity contribution is 7.88. The zero-order chi connectivity index (χ0) is 13.7. The summed E-state index contributed by atoms with van der Waals surface area (Å²) in [5.74, 6) is -0.0699. The molecule has 2 aromatic rings. The van der Waals surface area contributed by atoms with Crippen molar-refractivity contribution in [3.63, 3.8) is 0 Å². The molecule has 2 aromatic heterocycles. The SMILES string of the molecule is Cc1nc(CS(=O)(=O)NCCc2ccccn2)cs1.